The van der Waals surface area contributed by atoms with Crippen molar-refractivity contribution in [3.8, 4) is 5.75 Å². The van der Waals surface area contributed by atoms with Gasteiger partial charge in [-0.2, -0.15) is 4.31 Å². The number of piperazine rings is 1. The Hall–Kier alpha value is -1.76. The highest BCUT2D eigenvalue weighted by molar-refractivity contribution is 7.89. The highest BCUT2D eigenvalue weighted by Crippen LogP contribution is 2.30. The van der Waals surface area contributed by atoms with E-state index in [1.807, 2.05) is 17.0 Å². The summed E-state index contributed by atoms with van der Waals surface area (Å²) in [7, 11) is -3.56. The molecule has 5 nitrogen and oxygen atoms in total. The Bertz CT molecular complexity index is 891. The van der Waals surface area contributed by atoms with Gasteiger partial charge in [0.25, 0.3) is 0 Å². The van der Waals surface area contributed by atoms with E-state index in [1.165, 1.54) is 4.31 Å². The molecular weight excluding hydrogens is 360 g/mol. The smallest absolute Gasteiger partial charge is 0.243 e. The number of nitrogens with zero attached hydrogens (tertiary/aromatic N) is 2. The lowest BCUT2D eigenvalue weighted by Gasteiger charge is -2.35. The molecule has 0 bridgehead atoms. The number of para-hydroxylation sites is 2. The predicted octanol–water partition coefficient (Wildman–Crippen LogP) is 3.17. The van der Waals surface area contributed by atoms with E-state index in [0.29, 0.717) is 41.7 Å². The lowest BCUT2D eigenvalue weighted by Crippen LogP contribution is -2.48. The lowest BCUT2D eigenvalue weighted by molar-refractivity contribution is 0.382. The SMILES string of the molecule is Cc1cc(S(=O)(=O)N2CCN(c3ccccc3O)CC2)c(C)cc1Cl. The minimum Gasteiger partial charge on any atom is -0.506 e. The first-order chi connectivity index (χ1) is 11.8. The largest absolute Gasteiger partial charge is 0.506 e. The summed E-state index contributed by atoms with van der Waals surface area (Å²) in [5.74, 6) is 0.211. The van der Waals surface area contributed by atoms with E-state index in [-0.39, 0.29) is 5.75 Å². The molecule has 0 atom stereocenters. The van der Waals surface area contributed by atoms with Gasteiger partial charge in [0.05, 0.1) is 10.6 Å². The Morgan fingerprint density at radius 1 is 1.00 bits per heavy atom. The van der Waals surface area contributed by atoms with Gasteiger partial charge in [0, 0.05) is 31.2 Å². The van der Waals surface area contributed by atoms with Crippen molar-refractivity contribution in [3.63, 3.8) is 0 Å². The van der Waals surface area contributed by atoms with E-state index in [2.05, 4.69) is 0 Å². The van der Waals surface area contributed by atoms with Crippen molar-refractivity contribution in [1.29, 1.82) is 0 Å². The highest BCUT2D eigenvalue weighted by atomic mass is 35.5. The van der Waals surface area contributed by atoms with Crippen LogP contribution in [-0.2, 0) is 10.0 Å². The first-order valence-corrected chi connectivity index (χ1v) is 9.92. The van der Waals surface area contributed by atoms with Crippen molar-refractivity contribution >= 4 is 27.3 Å². The third kappa shape index (κ3) is 3.47. The molecule has 7 heteroatoms. The van der Waals surface area contributed by atoms with Gasteiger partial charge in [-0.05, 0) is 49.2 Å². The second kappa shape index (κ2) is 6.86. The monoisotopic (exact) mass is 380 g/mol. The van der Waals surface area contributed by atoms with E-state index in [4.69, 9.17) is 11.6 Å². The number of hydrogen-bond donors (Lipinski definition) is 1. The number of benzene rings is 2. The normalized spacial score (nSPS) is 16.2. The molecule has 1 aliphatic rings. The summed E-state index contributed by atoms with van der Waals surface area (Å²) in [5, 5.41) is 10.5. The van der Waals surface area contributed by atoms with Gasteiger partial charge in [0.2, 0.25) is 10.0 Å². The van der Waals surface area contributed by atoms with Crippen molar-refractivity contribution < 1.29 is 13.5 Å². The number of hydrogen-bond acceptors (Lipinski definition) is 4. The van der Waals surface area contributed by atoms with Gasteiger partial charge in [-0.1, -0.05) is 23.7 Å². The summed E-state index contributed by atoms with van der Waals surface area (Å²) in [6.45, 7) is 5.37. The highest BCUT2D eigenvalue weighted by Gasteiger charge is 2.30. The van der Waals surface area contributed by atoms with Crippen LogP contribution in [-0.4, -0.2) is 44.0 Å². The van der Waals surface area contributed by atoms with Gasteiger partial charge in [-0.15, -0.1) is 0 Å². The fourth-order valence-electron chi connectivity index (χ4n) is 3.07. The molecule has 2 aromatic rings. The van der Waals surface area contributed by atoms with E-state index in [9.17, 15) is 13.5 Å². The molecule has 0 radical (unpaired) electrons. The van der Waals surface area contributed by atoms with E-state index >= 15 is 0 Å². The molecular formula is C18H21ClN2O3S. The number of halogens is 1. The molecule has 0 unspecified atom stereocenters. The molecule has 0 aromatic heterocycles. The third-order valence-corrected chi connectivity index (χ3v) is 6.98. The van der Waals surface area contributed by atoms with Crippen molar-refractivity contribution in [3.05, 3.63) is 52.5 Å². The Morgan fingerprint density at radius 2 is 1.64 bits per heavy atom. The van der Waals surface area contributed by atoms with Gasteiger partial charge in [0.15, 0.2) is 0 Å². The Balaban J connectivity index is 1.81. The Labute approximate surface area is 153 Å². The number of aryl methyl sites for hydroxylation is 2. The number of anilines is 1. The number of sulfonamides is 1. The molecule has 3 rings (SSSR count). The second-order valence-electron chi connectivity index (χ2n) is 6.25. The van der Waals surface area contributed by atoms with Crippen molar-refractivity contribution in [2.75, 3.05) is 31.1 Å². The maximum atomic E-state index is 13.0. The molecule has 1 fully saturated rings. The minimum atomic E-state index is -3.56. The fraction of sp³-hybridized carbons (Fsp3) is 0.333. The average Bonchev–Trinajstić information content (AvgIpc) is 2.58. The van der Waals surface area contributed by atoms with Crippen LogP contribution in [0.1, 0.15) is 11.1 Å². The molecule has 1 heterocycles. The van der Waals surface area contributed by atoms with Gasteiger partial charge in [0.1, 0.15) is 5.75 Å². The molecule has 0 spiro atoms. The quantitative estimate of drug-likeness (QED) is 0.888. The summed E-state index contributed by atoms with van der Waals surface area (Å²) in [5.41, 5.74) is 2.13. The van der Waals surface area contributed by atoms with Gasteiger partial charge in [-0.25, -0.2) is 8.42 Å². The van der Waals surface area contributed by atoms with E-state index in [0.717, 1.165) is 11.3 Å². The van der Waals surface area contributed by atoms with Crippen LogP contribution in [0.15, 0.2) is 41.3 Å². The summed E-state index contributed by atoms with van der Waals surface area (Å²) in [6, 6.07) is 10.4. The summed E-state index contributed by atoms with van der Waals surface area (Å²) in [4.78, 5) is 2.31. The van der Waals surface area contributed by atoms with Crippen molar-refractivity contribution in [1.82, 2.24) is 4.31 Å². The fourth-order valence-corrected chi connectivity index (χ4v) is 5.00. The number of rotatable bonds is 3. The van der Waals surface area contributed by atoms with Crippen LogP contribution in [0.5, 0.6) is 5.75 Å². The third-order valence-electron chi connectivity index (χ3n) is 4.54. The van der Waals surface area contributed by atoms with Crippen LogP contribution in [0, 0.1) is 13.8 Å². The van der Waals surface area contributed by atoms with E-state index in [1.54, 1.807) is 38.1 Å². The van der Waals surface area contributed by atoms with Crippen molar-refractivity contribution in [2.45, 2.75) is 18.7 Å². The molecule has 25 heavy (non-hydrogen) atoms. The van der Waals surface area contributed by atoms with Gasteiger partial charge in [-0.3, -0.25) is 0 Å². The van der Waals surface area contributed by atoms with Gasteiger partial charge >= 0.3 is 0 Å². The van der Waals surface area contributed by atoms with Crippen LogP contribution in [0.25, 0.3) is 0 Å². The zero-order valence-corrected chi connectivity index (χ0v) is 15.8. The van der Waals surface area contributed by atoms with E-state index < -0.39 is 10.0 Å². The average molecular weight is 381 g/mol. The molecule has 1 saturated heterocycles. The standard InChI is InChI=1S/C18H21ClN2O3S/c1-13-12-18(14(2)11-15(13)19)25(23,24)21-9-7-20(8-10-21)16-5-3-4-6-17(16)22/h3-6,11-12,22H,7-10H2,1-2H3. The Kier molecular flexibility index (Phi) is 4.95. The maximum absolute atomic E-state index is 13.0. The molecule has 1 N–H and O–H groups in total. The first kappa shape index (κ1) is 18.0. The zero-order valence-electron chi connectivity index (χ0n) is 14.2. The Morgan fingerprint density at radius 3 is 2.28 bits per heavy atom. The molecule has 0 amide bonds. The van der Waals surface area contributed by atoms with Crippen LogP contribution in [0.3, 0.4) is 0 Å². The lowest BCUT2D eigenvalue weighted by atomic mass is 10.2. The molecule has 0 aliphatic carbocycles. The summed E-state index contributed by atoms with van der Waals surface area (Å²) in [6.07, 6.45) is 0. The number of phenols is 1. The first-order valence-electron chi connectivity index (χ1n) is 8.10. The zero-order chi connectivity index (χ0) is 18.2. The summed E-state index contributed by atoms with van der Waals surface area (Å²) < 4.78 is 27.5. The van der Waals surface area contributed by atoms with Crippen LogP contribution >= 0.6 is 11.6 Å². The topological polar surface area (TPSA) is 60.9 Å². The minimum absolute atomic E-state index is 0.211. The molecule has 1 aliphatic heterocycles. The predicted molar refractivity (Wildman–Crippen MR) is 100 cm³/mol. The van der Waals surface area contributed by atoms with Crippen LogP contribution in [0.4, 0.5) is 5.69 Å². The number of phenolic OH excluding ortho intramolecular Hbond substituents is 1. The number of aromatic hydroxyl groups is 1. The van der Waals surface area contributed by atoms with Crippen molar-refractivity contribution in [2.24, 2.45) is 0 Å². The second-order valence-corrected chi connectivity index (χ2v) is 8.56. The molecule has 2 aromatic carbocycles. The van der Waals surface area contributed by atoms with Gasteiger partial charge < -0.3 is 10.0 Å². The molecule has 0 saturated carbocycles. The molecule has 134 valence electrons. The van der Waals surface area contributed by atoms with Crippen LogP contribution < -0.4 is 4.90 Å². The maximum Gasteiger partial charge on any atom is 0.243 e. The summed E-state index contributed by atoms with van der Waals surface area (Å²) >= 11 is 6.08. The van der Waals surface area contributed by atoms with Crippen LogP contribution in [0.2, 0.25) is 5.02 Å².